The van der Waals surface area contributed by atoms with Gasteiger partial charge >= 0.3 is 18.2 Å². The fourth-order valence-electron chi connectivity index (χ4n) is 2.66. The van der Waals surface area contributed by atoms with E-state index < -0.39 is 35.4 Å². The number of nitrogens with zero attached hydrogens (tertiary/aromatic N) is 2. The highest BCUT2D eigenvalue weighted by Crippen LogP contribution is 2.19. The molecule has 1 aromatic carbocycles. The molecule has 0 aliphatic carbocycles. The number of ether oxygens (including phenoxy) is 3. The lowest BCUT2D eigenvalue weighted by Crippen LogP contribution is -2.45. The maximum Gasteiger partial charge on any atom is 0.420 e. The van der Waals surface area contributed by atoms with E-state index in [-0.39, 0.29) is 6.42 Å². The molecule has 0 aliphatic rings. The molecule has 0 fully saturated rings. The number of fused-ring (bicyclic) bond motifs is 1. The van der Waals surface area contributed by atoms with Crippen LogP contribution >= 0.6 is 0 Å². The van der Waals surface area contributed by atoms with Crippen LogP contribution in [0.4, 0.5) is 9.59 Å². The first-order valence-corrected chi connectivity index (χ1v) is 9.56. The van der Waals surface area contributed by atoms with Gasteiger partial charge < -0.3 is 19.5 Å². The highest BCUT2D eigenvalue weighted by Gasteiger charge is 2.26. The molecule has 9 nitrogen and oxygen atoms in total. The number of amides is 1. The summed E-state index contributed by atoms with van der Waals surface area (Å²) < 4.78 is 16.7. The van der Waals surface area contributed by atoms with Gasteiger partial charge in [-0.15, -0.1) is 0 Å². The maximum atomic E-state index is 12.5. The van der Waals surface area contributed by atoms with Gasteiger partial charge in [0.1, 0.15) is 23.6 Å². The molecule has 164 valence electrons. The molecule has 0 radical (unpaired) electrons. The maximum absolute atomic E-state index is 12.5. The summed E-state index contributed by atoms with van der Waals surface area (Å²) in [5, 5.41) is 2.53. The summed E-state index contributed by atoms with van der Waals surface area (Å²) in [6, 6.07) is 4.26. The molecule has 0 bridgehead atoms. The zero-order valence-electron chi connectivity index (χ0n) is 18.4. The first kappa shape index (κ1) is 23.2. The van der Waals surface area contributed by atoms with Crippen molar-refractivity contribution in [1.82, 2.24) is 14.9 Å². The smallest absolute Gasteiger partial charge is 0.420 e. The number of methoxy groups -OCH3 is 1. The van der Waals surface area contributed by atoms with E-state index in [9.17, 15) is 14.4 Å². The van der Waals surface area contributed by atoms with Gasteiger partial charge in [-0.2, -0.15) is 0 Å². The summed E-state index contributed by atoms with van der Waals surface area (Å²) in [7, 11) is 1.24. The summed E-state index contributed by atoms with van der Waals surface area (Å²) >= 11 is 0. The summed E-state index contributed by atoms with van der Waals surface area (Å²) in [5.74, 6) is -0.610. The molecular formula is C21H29N3O6. The van der Waals surface area contributed by atoms with Crippen molar-refractivity contribution < 1.29 is 28.6 Å². The topological polar surface area (TPSA) is 109 Å². The van der Waals surface area contributed by atoms with Crippen molar-refractivity contribution in [2.75, 3.05) is 7.11 Å². The summed E-state index contributed by atoms with van der Waals surface area (Å²) in [6.07, 6.45) is 0.247. The average Bonchev–Trinajstić information content (AvgIpc) is 3.00. The van der Waals surface area contributed by atoms with E-state index in [1.54, 1.807) is 59.7 Å². The van der Waals surface area contributed by atoms with E-state index >= 15 is 0 Å². The molecule has 1 amide bonds. The number of imidazole rings is 1. The molecule has 0 aliphatic heterocycles. The molecule has 0 unspecified atom stereocenters. The zero-order valence-corrected chi connectivity index (χ0v) is 18.4. The van der Waals surface area contributed by atoms with Crippen molar-refractivity contribution in [2.45, 2.75) is 65.2 Å². The third-order valence-corrected chi connectivity index (χ3v) is 3.82. The minimum Gasteiger partial charge on any atom is -0.467 e. The number of alkyl carbamates (subject to hydrolysis) is 1. The number of carbonyl (C=O) groups excluding carboxylic acids is 3. The summed E-state index contributed by atoms with van der Waals surface area (Å²) in [6.45, 7) is 10.5. The molecule has 30 heavy (non-hydrogen) atoms. The second kappa shape index (κ2) is 8.73. The van der Waals surface area contributed by atoms with Crippen molar-refractivity contribution in [1.29, 1.82) is 0 Å². The van der Waals surface area contributed by atoms with Gasteiger partial charge in [-0.05, 0) is 59.2 Å². The Hall–Kier alpha value is -3.10. The predicted molar refractivity (Wildman–Crippen MR) is 110 cm³/mol. The number of rotatable bonds is 4. The van der Waals surface area contributed by atoms with Crippen molar-refractivity contribution in [3.8, 4) is 0 Å². The Labute approximate surface area is 175 Å². The molecular weight excluding hydrogens is 390 g/mol. The van der Waals surface area contributed by atoms with Crippen LogP contribution in [-0.4, -0.2) is 52.1 Å². The number of carbonyl (C=O) groups is 3. The molecule has 0 saturated carbocycles. The van der Waals surface area contributed by atoms with Crippen LogP contribution in [0.25, 0.3) is 11.0 Å². The highest BCUT2D eigenvalue weighted by molar-refractivity contribution is 5.87. The van der Waals surface area contributed by atoms with Crippen molar-refractivity contribution in [3.63, 3.8) is 0 Å². The first-order valence-electron chi connectivity index (χ1n) is 9.56. The Morgan fingerprint density at radius 1 is 1.07 bits per heavy atom. The van der Waals surface area contributed by atoms with Crippen molar-refractivity contribution >= 4 is 29.2 Å². The van der Waals surface area contributed by atoms with Crippen LogP contribution in [0.15, 0.2) is 24.5 Å². The van der Waals surface area contributed by atoms with E-state index in [2.05, 4.69) is 10.3 Å². The number of nitrogens with one attached hydrogen (secondary N) is 1. The van der Waals surface area contributed by atoms with E-state index in [0.29, 0.717) is 16.6 Å². The Morgan fingerprint density at radius 3 is 2.27 bits per heavy atom. The number of aromatic nitrogens is 2. The molecule has 1 aromatic heterocycles. The molecule has 0 spiro atoms. The Kier molecular flexibility index (Phi) is 6.74. The largest absolute Gasteiger partial charge is 0.467 e. The van der Waals surface area contributed by atoms with Crippen LogP contribution < -0.4 is 5.32 Å². The Morgan fingerprint density at radius 2 is 1.70 bits per heavy atom. The lowest BCUT2D eigenvalue weighted by molar-refractivity contribution is -0.143. The first-order chi connectivity index (χ1) is 13.8. The van der Waals surface area contributed by atoms with Crippen LogP contribution in [0.1, 0.15) is 47.1 Å². The van der Waals surface area contributed by atoms with E-state index in [4.69, 9.17) is 14.2 Å². The molecule has 1 heterocycles. The van der Waals surface area contributed by atoms with Crippen molar-refractivity contribution in [2.24, 2.45) is 0 Å². The number of benzene rings is 1. The third kappa shape index (κ3) is 6.47. The van der Waals surface area contributed by atoms with E-state index in [1.165, 1.54) is 18.0 Å². The molecule has 9 heteroatoms. The highest BCUT2D eigenvalue weighted by atomic mass is 16.6. The second-order valence-electron chi connectivity index (χ2n) is 8.84. The Balaban J connectivity index is 2.27. The molecule has 2 rings (SSSR count). The van der Waals surface area contributed by atoms with Gasteiger partial charge in [0, 0.05) is 6.42 Å². The second-order valence-corrected chi connectivity index (χ2v) is 8.84. The van der Waals surface area contributed by atoms with Crippen LogP contribution in [-0.2, 0) is 25.4 Å². The normalized spacial score (nSPS) is 12.9. The van der Waals surface area contributed by atoms with Crippen LogP contribution in [0.2, 0.25) is 0 Å². The number of hydrogen-bond donors (Lipinski definition) is 1. The van der Waals surface area contributed by atoms with Gasteiger partial charge in [0.05, 0.1) is 18.1 Å². The fourth-order valence-corrected chi connectivity index (χ4v) is 2.66. The zero-order chi connectivity index (χ0) is 22.7. The molecule has 2 aromatic rings. The number of hydrogen-bond acceptors (Lipinski definition) is 7. The molecule has 1 N–H and O–H groups in total. The van der Waals surface area contributed by atoms with Gasteiger partial charge in [-0.3, -0.25) is 0 Å². The van der Waals surface area contributed by atoms with Gasteiger partial charge in [0.2, 0.25) is 0 Å². The monoisotopic (exact) mass is 419 g/mol. The fraction of sp³-hybridized carbons (Fsp3) is 0.524. The summed E-state index contributed by atoms with van der Waals surface area (Å²) in [5.41, 5.74) is 0.462. The minimum absolute atomic E-state index is 0.140. The van der Waals surface area contributed by atoms with Crippen LogP contribution in [0.5, 0.6) is 0 Å². The van der Waals surface area contributed by atoms with E-state index in [1.807, 2.05) is 0 Å². The van der Waals surface area contributed by atoms with Gasteiger partial charge in [-0.1, -0.05) is 6.07 Å². The predicted octanol–water partition coefficient (Wildman–Crippen LogP) is 3.43. The standard InChI is InChI=1S/C21H29N3O6/c1-20(2,3)29-18(26)23-15(17(25)28-7)10-13-8-9-14-16(11-13)24(12-22-14)19(27)30-21(4,5)6/h8-9,11-12,15H,10H2,1-7H3,(H,23,26)/t15-/m0/s1. The third-order valence-electron chi connectivity index (χ3n) is 3.82. The van der Waals surface area contributed by atoms with E-state index in [0.717, 1.165) is 0 Å². The molecule has 1 atom stereocenters. The van der Waals surface area contributed by atoms with Gasteiger partial charge in [0.15, 0.2) is 0 Å². The van der Waals surface area contributed by atoms with Crippen LogP contribution in [0, 0.1) is 0 Å². The Bertz CT molecular complexity index is 936. The van der Waals surface area contributed by atoms with Gasteiger partial charge in [-0.25, -0.2) is 23.9 Å². The number of esters is 1. The lowest BCUT2D eigenvalue weighted by atomic mass is 10.1. The molecule has 0 saturated heterocycles. The van der Waals surface area contributed by atoms with Crippen LogP contribution in [0.3, 0.4) is 0 Å². The van der Waals surface area contributed by atoms with Crippen molar-refractivity contribution in [3.05, 3.63) is 30.1 Å². The average molecular weight is 419 g/mol. The minimum atomic E-state index is -0.958. The lowest BCUT2D eigenvalue weighted by Gasteiger charge is -2.22. The van der Waals surface area contributed by atoms with Gasteiger partial charge in [0.25, 0.3) is 0 Å². The summed E-state index contributed by atoms with van der Waals surface area (Å²) in [4.78, 5) is 41.0. The quantitative estimate of drug-likeness (QED) is 0.597. The SMILES string of the molecule is COC(=O)[C@H](Cc1ccc2ncn(C(=O)OC(C)(C)C)c2c1)NC(=O)OC(C)(C)C.